The van der Waals surface area contributed by atoms with Crippen LogP contribution in [0, 0.1) is 13.8 Å². The lowest BCUT2D eigenvalue weighted by molar-refractivity contribution is 0.415. The van der Waals surface area contributed by atoms with E-state index in [1.54, 1.807) is 31.4 Å². The minimum Gasteiger partial charge on any atom is -0.497 e. The molecule has 25 heavy (non-hydrogen) atoms. The fourth-order valence-corrected chi connectivity index (χ4v) is 4.13. The molecule has 0 saturated heterocycles. The molecule has 0 aromatic heterocycles. The highest BCUT2D eigenvalue weighted by molar-refractivity contribution is 7.91. The molecule has 0 aliphatic carbocycles. The Kier molecular flexibility index (Phi) is 6.37. The predicted octanol–water partition coefficient (Wildman–Crippen LogP) is 4.83. The van der Waals surface area contributed by atoms with Crippen LogP contribution in [0.4, 0.5) is 0 Å². The van der Waals surface area contributed by atoms with E-state index in [1.165, 1.54) is 0 Å². The maximum Gasteiger partial charge on any atom is 0.207 e. The van der Waals surface area contributed by atoms with Gasteiger partial charge in [-0.1, -0.05) is 54.6 Å². The van der Waals surface area contributed by atoms with Gasteiger partial charge in [0, 0.05) is 0 Å². The molecule has 0 spiro atoms. The molecule has 0 amide bonds. The zero-order valence-corrected chi connectivity index (χ0v) is 15.5. The Morgan fingerprint density at radius 2 is 1.04 bits per heavy atom. The zero-order chi connectivity index (χ0) is 18.3. The smallest absolute Gasteiger partial charge is 0.207 e. The third-order valence-corrected chi connectivity index (χ3v) is 5.82. The monoisotopic (exact) mass is 354 g/mol. The molecule has 0 atom stereocenters. The Morgan fingerprint density at radius 3 is 1.40 bits per heavy atom. The summed E-state index contributed by atoms with van der Waals surface area (Å²) in [5.74, 6) is 0.910. The molecule has 0 unspecified atom stereocenters. The van der Waals surface area contributed by atoms with Crippen LogP contribution < -0.4 is 4.74 Å². The summed E-state index contributed by atoms with van der Waals surface area (Å²) in [6.45, 7) is 3.62. The molecule has 4 heteroatoms. The van der Waals surface area contributed by atoms with Crippen LogP contribution in [0.2, 0.25) is 0 Å². The number of sulfone groups is 1. The molecule has 3 nitrogen and oxygen atoms in total. The fourth-order valence-electron chi connectivity index (χ4n) is 2.39. The third kappa shape index (κ3) is 4.70. The standard InChI is InChI=1S/C14H14O2S.C7H8O/c1-11-7-3-5-9-13(11)17(15,16)14-10-6-4-8-12(14)2;1-8-7-5-3-2-4-6-7/h3-10H,1-2H3;2-6H,1H3. The fraction of sp³-hybridized carbons (Fsp3) is 0.143. The number of ether oxygens (including phenoxy) is 1. The van der Waals surface area contributed by atoms with Gasteiger partial charge >= 0.3 is 0 Å². The predicted molar refractivity (Wildman–Crippen MR) is 101 cm³/mol. The van der Waals surface area contributed by atoms with E-state index in [0.29, 0.717) is 9.79 Å². The van der Waals surface area contributed by atoms with Gasteiger partial charge in [0.25, 0.3) is 0 Å². The molecule has 3 aromatic rings. The Hall–Kier alpha value is -2.59. The molecule has 0 bridgehead atoms. The summed E-state index contributed by atoms with van der Waals surface area (Å²) in [4.78, 5) is 0.767. The molecular weight excluding hydrogens is 332 g/mol. The highest BCUT2D eigenvalue weighted by Crippen LogP contribution is 2.25. The van der Waals surface area contributed by atoms with E-state index in [0.717, 1.165) is 16.9 Å². The molecule has 0 N–H and O–H groups in total. The Labute approximate surface area is 149 Å². The minimum absolute atomic E-state index is 0.384. The molecule has 0 radical (unpaired) electrons. The minimum atomic E-state index is -3.40. The first-order chi connectivity index (χ1) is 12.0. The van der Waals surface area contributed by atoms with Crippen LogP contribution in [0.25, 0.3) is 0 Å². The van der Waals surface area contributed by atoms with Crippen LogP contribution in [-0.2, 0) is 9.84 Å². The lowest BCUT2D eigenvalue weighted by Gasteiger charge is -2.09. The van der Waals surface area contributed by atoms with Crippen LogP contribution in [0.5, 0.6) is 5.75 Å². The van der Waals surface area contributed by atoms with E-state index >= 15 is 0 Å². The summed E-state index contributed by atoms with van der Waals surface area (Å²) in [5, 5.41) is 0. The van der Waals surface area contributed by atoms with Crippen molar-refractivity contribution in [2.45, 2.75) is 23.6 Å². The molecule has 3 aromatic carbocycles. The Bertz CT molecular complexity index is 865. The third-order valence-electron chi connectivity index (χ3n) is 3.75. The van der Waals surface area contributed by atoms with Crippen LogP contribution >= 0.6 is 0 Å². The van der Waals surface area contributed by atoms with E-state index in [9.17, 15) is 8.42 Å². The molecule has 130 valence electrons. The molecule has 0 saturated carbocycles. The second-order valence-electron chi connectivity index (χ2n) is 5.55. The SMILES string of the molecule is COc1ccccc1.Cc1ccccc1S(=O)(=O)c1ccccc1C. The first-order valence-corrected chi connectivity index (χ1v) is 9.40. The first kappa shape index (κ1) is 18.7. The quantitative estimate of drug-likeness (QED) is 0.676. The van der Waals surface area contributed by atoms with Crippen molar-refractivity contribution in [2.24, 2.45) is 0 Å². The number of methoxy groups -OCH3 is 1. The van der Waals surface area contributed by atoms with Gasteiger partial charge < -0.3 is 4.74 Å². The van der Waals surface area contributed by atoms with Crippen molar-refractivity contribution < 1.29 is 13.2 Å². The highest BCUT2D eigenvalue weighted by Gasteiger charge is 2.20. The summed E-state index contributed by atoms with van der Waals surface area (Å²) in [6, 6.07) is 23.8. The summed E-state index contributed by atoms with van der Waals surface area (Å²) in [5.41, 5.74) is 1.55. The van der Waals surface area contributed by atoms with Gasteiger partial charge in [0.05, 0.1) is 16.9 Å². The van der Waals surface area contributed by atoms with Crippen LogP contribution in [0.3, 0.4) is 0 Å². The van der Waals surface area contributed by atoms with Gasteiger partial charge in [-0.05, 0) is 49.2 Å². The number of aryl methyl sites for hydroxylation is 2. The molecule has 0 aliphatic heterocycles. The summed E-state index contributed by atoms with van der Waals surface area (Å²) in [7, 11) is -1.74. The van der Waals surface area contributed by atoms with Crippen LogP contribution in [0.1, 0.15) is 11.1 Å². The van der Waals surface area contributed by atoms with E-state index in [4.69, 9.17) is 4.74 Å². The molecular formula is C21H22O3S. The number of rotatable bonds is 3. The van der Waals surface area contributed by atoms with E-state index in [2.05, 4.69) is 0 Å². The number of hydrogen-bond acceptors (Lipinski definition) is 3. The average molecular weight is 354 g/mol. The lowest BCUT2D eigenvalue weighted by atomic mass is 10.2. The van der Waals surface area contributed by atoms with Crippen molar-refractivity contribution in [1.29, 1.82) is 0 Å². The summed E-state index contributed by atoms with van der Waals surface area (Å²) < 4.78 is 29.9. The Balaban J connectivity index is 0.000000236. The normalized spacial score (nSPS) is 10.5. The van der Waals surface area contributed by atoms with Crippen molar-refractivity contribution in [2.75, 3.05) is 7.11 Å². The summed E-state index contributed by atoms with van der Waals surface area (Å²) >= 11 is 0. The summed E-state index contributed by atoms with van der Waals surface area (Å²) in [6.07, 6.45) is 0. The molecule has 3 rings (SSSR count). The molecule has 0 aliphatic rings. The maximum atomic E-state index is 12.5. The van der Waals surface area contributed by atoms with Crippen molar-refractivity contribution in [3.8, 4) is 5.75 Å². The number of benzene rings is 3. The van der Waals surface area contributed by atoms with E-state index in [1.807, 2.05) is 68.4 Å². The zero-order valence-electron chi connectivity index (χ0n) is 14.6. The topological polar surface area (TPSA) is 43.4 Å². The van der Waals surface area contributed by atoms with E-state index in [-0.39, 0.29) is 0 Å². The lowest BCUT2D eigenvalue weighted by Crippen LogP contribution is -2.05. The van der Waals surface area contributed by atoms with Crippen molar-refractivity contribution in [3.63, 3.8) is 0 Å². The second-order valence-corrected chi connectivity index (χ2v) is 7.44. The largest absolute Gasteiger partial charge is 0.497 e. The van der Waals surface area contributed by atoms with Gasteiger partial charge in [0.2, 0.25) is 9.84 Å². The van der Waals surface area contributed by atoms with E-state index < -0.39 is 9.84 Å². The second kappa shape index (κ2) is 8.49. The Morgan fingerprint density at radius 1 is 0.640 bits per heavy atom. The van der Waals surface area contributed by atoms with Crippen molar-refractivity contribution >= 4 is 9.84 Å². The first-order valence-electron chi connectivity index (χ1n) is 7.92. The number of para-hydroxylation sites is 1. The number of hydrogen-bond donors (Lipinski definition) is 0. The van der Waals surface area contributed by atoms with Crippen LogP contribution in [-0.4, -0.2) is 15.5 Å². The molecule has 0 fully saturated rings. The molecule has 0 heterocycles. The highest BCUT2D eigenvalue weighted by atomic mass is 32.2. The average Bonchev–Trinajstić information content (AvgIpc) is 2.63. The van der Waals surface area contributed by atoms with Gasteiger partial charge in [-0.3, -0.25) is 0 Å². The van der Waals surface area contributed by atoms with Crippen molar-refractivity contribution in [1.82, 2.24) is 0 Å². The van der Waals surface area contributed by atoms with Gasteiger partial charge in [-0.2, -0.15) is 0 Å². The maximum absolute atomic E-state index is 12.5. The van der Waals surface area contributed by atoms with Crippen molar-refractivity contribution in [3.05, 3.63) is 90.0 Å². The van der Waals surface area contributed by atoms with Gasteiger partial charge in [0.15, 0.2) is 0 Å². The van der Waals surface area contributed by atoms with Crippen LogP contribution in [0.15, 0.2) is 88.7 Å². The van der Waals surface area contributed by atoms with Gasteiger partial charge in [-0.15, -0.1) is 0 Å². The van der Waals surface area contributed by atoms with Gasteiger partial charge in [-0.25, -0.2) is 8.42 Å². The van der Waals surface area contributed by atoms with Gasteiger partial charge in [0.1, 0.15) is 5.75 Å².